The van der Waals surface area contributed by atoms with Crippen LogP contribution in [0.2, 0.25) is 0 Å². The Hall–Kier alpha value is -1.04. The second kappa shape index (κ2) is 16.7. The molecule has 0 rings (SSSR count). The topological polar surface area (TPSA) is 101 Å². The Kier molecular flexibility index (Phi) is 33.0. The van der Waals surface area contributed by atoms with Crippen LogP contribution < -0.4 is 0 Å². The monoisotopic (exact) mass is 145 g/mol. The first-order chi connectivity index (χ1) is 3.15. The highest BCUT2D eigenvalue weighted by Gasteiger charge is 1.65. The molecule has 7 heteroatoms. The van der Waals surface area contributed by atoms with Gasteiger partial charge in [0.2, 0.25) is 0 Å². The Balaban J connectivity index is -0.0000000575. The molecular weight excluding hydrogens is 141 g/mol. The van der Waals surface area contributed by atoms with Crippen molar-refractivity contribution in [1.82, 2.24) is 0 Å². The summed E-state index contributed by atoms with van der Waals surface area (Å²) in [5, 5.41) is 20.5. The van der Waals surface area contributed by atoms with Crippen LogP contribution in [0.5, 0.6) is 0 Å². The van der Waals surface area contributed by atoms with Crippen molar-refractivity contribution < 1.29 is 20.2 Å². The van der Waals surface area contributed by atoms with E-state index in [9.17, 15) is 0 Å². The molecule has 0 saturated heterocycles. The van der Waals surface area contributed by atoms with Crippen molar-refractivity contribution in [2.45, 2.75) is 0 Å². The van der Waals surface area contributed by atoms with Gasteiger partial charge in [0.05, 0.1) is 0 Å². The molecule has 0 fully saturated rings. The van der Waals surface area contributed by atoms with Crippen LogP contribution in [0, 0.1) is 10.1 Å². The van der Waals surface area contributed by atoms with Gasteiger partial charge in [-0.05, 0) is 0 Å². The zero-order valence-corrected chi connectivity index (χ0v) is 4.37. The molecule has 0 saturated carbocycles. The highest BCUT2D eigenvalue weighted by Crippen LogP contribution is 1.38. The Morgan fingerprint density at radius 1 is 1.62 bits per heavy atom. The van der Waals surface area contributed by atoms with Crippen LogP contribution in [0.4, 0.5) is 0 Å². The number of halogens is 1. The summed E-state index contributed by atoms with van der Waals surface area (Å²) in [6.45, 7) is -0.250. The fourth-order valence-corrected chi connectivity index (χ4v) is 0. The molecule has 0 aromatic carbocycles. The van der Waals surface area contributed by atoms with E-state index in [1.807, 2.05) is 0 Å². The number of nitrogens with zero attached hydrogens (tertiary/aromatic N) is 1. The molecule has 0 aromatic heterocycles. The quantitative estimate of drug-likeness (QED) is 0.279. The van der Waals surface area contributed by atoms with Crippen LogP contribution in [0.15, 0.2) is 0 Å². The third-order valence-corrected chi connectivity index (χ3v) is 0. The van der Waals surface area contributed by atoms with E-state index in [4.69, 9.17) is 25.2 Å². The molecule has 0 aromatic rings. The molecule has 0 aliphatic heterocycles. The highest BCUT2D eigenvalue weighted by molar-refractivity contribution is 5.85. The molecule has 2 N–H and O–H groups in total. The van der Waals surface area contributed by atoms with Crippen LogP contribution >= 0.6 is 12.4 Å². The van der Waals surface area contributed by atoms with Crippen molar-refractivity contribution in [3.63, 3.8) is 0 Å². The predicted octanol–water partition coefficient (Wildman–Crippen LogP) is -0.225. The summed E-state index contributed by atoms with van der Waals surface area (Å²) in [4.78, 5) is 16.7. The standard InChI is InChI=1S/CH2O2.ClH.HNO3/c2-1-3;;2-1(3)4/h1H,(H,2,3);1H;(H,2,3,4). The maximum absolute atomic E-state index is 8.36. The molecule has 0 bridgehead atoms. The average Bonchev–Trinajstić information content (AvgIpc) is 1.33. The average molecular weight is 145 g/mol. The lowest BCUT2D eigenvalue weighted by Gasteiger charge is -1.56. The van der Waals surface area contributed by atoms with Gasteiger partial charge in [0.1, 0.15) is 0 Å². The molecule has 0 atom stereocenters. The van der Waals surface area contributed by atoms with Gasteiger partial charge in [0.15, 0.2) is 0 Å². The van der Waals surface area contributed by atoms with Crippen LogP contribution in [0.3, 0.4) is 0 Å². The molecule has 0 aliphatic carbocycles. The van der Waals surface area contributed by atoms with Crippen molar-refractivity contribution in [1.29, 1.82) is 0 Å². The highest BCUT2D eigenvalue weighted by atomic mass is 35.5. The summed E-state index contributed by atoms with van der Waals surface area (Å²) < 4.78 is 0. The maximum atomic E-state index is 8.36. The second-order valence-electron chi connectivity index (χ2n) is 0.343. The molecule has 0 radical (unpaired) electrons. The van der Waals surface area contributed by atoms with Crippen molar-refractivity contribution in [2.24, 2.45) is 0 Å². The number of hydrogen-bond donors (Lipinski definition) is 2. The maximum Gasteiger partial charge on any atom is 0.291 e. The molecule has 8 heavy (non-hydrogen) atoms. The van der Waals surface area contributed by atoms with Crippen molar-refractivity contribution in [2.75, 3.05) is 0 Å². The van der Waals surface area contributed by atoms with E-state index in [-0.39, 0.29) is 18.9 Å². The van der Waals surface area contributed by atoms with Gasteiger partial charge in [0, 0.05) is 0 Å². The molecule has 0 amide bonds. The minimum atomic E-state index is -1.50. The SMILES string of the molecule is Cl.O=CO.O=[N+]([O-])O. The van der Waals surface area contributed by atoms with E-state index < -0.39 is 5.09 Å². The first-order valence-electron chi connectivity index (χ1n) is 1.06. The van der Waals surface area contributed by atoms with Crippen LogP contribution in [0.1, 0.15) is 0 Å². The Morgan fingerprint density at radius 2 is 1.62 bits per heavy atom. The Morgan fingerprint density at radius 3 is 1.62 bits per heavy atom. The van der Waals surface area contributed by atoms with E-state index in [1.54, 1.807) is 0 Å². The van der Waals surface area contributed by atoms with Gasteiger partial charge >= 0.3 is 0 Å². The van der Waals surface area contributed by atoms with Crippen LogP contribution in [-0.4, -0.2) is 21.9 Å². The van der Waals surface area contributed by atoms with Gasteiger partial charge in [0.25, 0.3) is 11.6 Å². The lowest BCUT2D eigenvalue weighted by Crippen LogP contribution is -1.81. The Bertz CT molecular complexity index is 59.4. The minimum Gasteiger partial charge on any atom is -0.483 e. The molecule has 0 spiro atoms. The van der Waals surface area contributed by atoms with Gasteiger partial charge in [-0.1, -0.05) is 0 Å². The molecule has 50 valence electrons. The molecular formula is CH4ClNO5. The van der Waals surface area contributed by atoms with E-state index in [1.165, 1.54) is 0 Å². The fraction of sp³-hybridized carbons (Fsp3) is 0. The zero-order chi connectivity index (χ0) is 6.28. The predicted molar refractivity (Wildman–Crippen MR) is 24.7 cm³/mol. The fourth-order valence-electron chi connectivity index (χ4n) is 0. The van der Waals surface area contributed by atoms with E-state index in [2.05, 4.69) is 0 Å². The van der Waals surface area contributed by atoms with Gasteiger partial charge < -0.3 is 10.3 Å². The van der Waals surface area contributed by atoms with Gasteiger partial charge in [-0.3, -0.25) is 4.79 Å². The second-order valence-corrected chi connectivity index (χ2v) is 0.343. The number of hydrogen-bond acceptors (Lipinski definition) is 3. The van der Waals surface area contributed by atoms with Gasteiger partial charge in [-0.2, -0.15) is 0 Å². The first-order valence-corrected chi connectivity index (χ1v) is 1.06. The van der Waals surface area contributed by atoms with Crippen LogP contribution in [0.25, 0.3) is 0 Å². The third-order valence-electron chi connectivity index (χ3n) is 0. The first kappa shape index (κ1) is 15.8. The van der Waals surface area contributed by atoms with Crippen molar-refractivity contribution >= 4 is 18.9 Å². The normalized spacial score (nSPS) is 4.50. The summed E-state index contributed by atoms with van der Waals surface area (Å²) in [6.07, 6.45) is 0. The Labute approximate surface area is 50.3 Å². The largest absolute Gasteiger partial charge is 0.483 e. The summed E-state index contributed by atoms with van der Waals surface area (Å²) in [6, 6.07) is 0. The van der Waals surface area contributed by atoms with Crippen molar-refractivity contribution in [3.8, 4) is 0 Å². The lowest BCUT2D eigenvalue weighted by atomic mass is 11.7. The molecule has 0 aliphatic rings. The van der Waals surface area contributed by atoms with E-state index in [0.29, 0.717) is 0 Å². The third kappa shape index (κ3) is 71.9. The molecule has 6 nitrogen and oxygen atoms in total. The number of carboxylic acid groups (broad SMARTS) is 1. The zero-order valence-electron chi connectivity index (χ0n) is 3.55. The van der Waals surface area contributed by atoms with Gasteiger partial charge in [-0.25, -0.2) is 0 Å². The van der Waals surface area contributed by atoms with E-state index >= 15 is 0 Å². The smallest absolute Gasteiger partial charge is 0.291 e. The molecule has 0 unspecified atom stereocenters. The minimum absolute atomic E-state index is 0. The van der Waals surface area contributed by atoms with Crippen molar-refractivity contribution in [3.05, 3.63) is 10.1 Å². The summed E-state index contributed by atoms with van der Waals surface area (Å²) >= 11 is 0. The summed E-state index contributed by atoms with van der Waals surface area (Å²) in [5.74, 6) is 0. The number of carbonyl (C=O) groups is 1. The lowest BCUT2D eigenvalue weighted by molar-refractivity contribution is -0.742. The molecule has 0 heterocycles. The van der Waals surface area contributed by atoms with E-state index in [0.717, 1.165) is 0 Å². The number of rotatable bonds is 0. The summed E-state index contributed by atoms with van der Waals surface area (Å²) in [7, 11) is 0. The van der Waals surface area contributed by atoms with Gasteiger partial charge in [-0.15, -0.1) is 22.5 Å². The van der Waals surface area contributed by atoms with Crippen LogP contribution in [-0.2, 0) is 4.79 Å². The summed E-state index contributed by atoms with van der Waals surface area (Å²) in [5.41, 5.74) is 0.